The molecule has 4 aliphatic rings. The number of hydrogen-bond donors (Lipinski definition) is 4. The first-order chi connectivity index (χ1) is 34.5. The van der Waals surface area contributed by atoms with Crippen molar-refractivity contribution in [2.75, 3.05) is 41.1 Å². The molecule has 1 aliphatic carbocycles. The Kier molecular flexibility index (Phi) is 23.9. The van der Waals surface area contributed by atoms with Crippen LogP contribution in [0.25, 0.3) is 0 Å². The number of hydrogen-bond acceptors (Lipinski definition) is 16. The molecule has 412 valence electrons. The lowest BCUT2D eigenvalue weighted by atomic mass is 9.78. The Hall–Kier alpha value is -3.94. The predicted molar refractivity (Wildman–Crippen MR) is 271 cm³/mol. The van der Waals surface area contributed by atoms with Crippen LogP contribution in [0, 0.1) is 40.9 Å². The normalized spacial score (nSPS) is 36.0. The van der Waals surface area contributed by atoms with Gasteiger partial charge in [0.05, 0.1) is 31.5 Å². The number of aliphatic hydroxyl groups excluding tert-OH is 3. The van der Waals surface area contributed by atoms with E-state index in [0.717, 1.165) is 10.5 Å². The second kappa shape index (κ2) is 28.3. The van der Waals surface area contributed by atoms with Gasteiger partial charge in [-0.2, -0.15) is 0 Å². The van der Waals surface area contributed by atoms with E-state index in [2.05, 4.69) is 0 Å². The maximum absolute atomic E-state index is 14.5. The molecule has 1 amide bonds. The lowest BCUT2D eigenvalue weighted by molar-refractivity contribution is -0.265. The monoisotopic (exact) mass is 1030 g/mol. The Morgan fingerprint density at radius 1 is 0.863 bits per heavy atom. The van der Waals surface area contributed by atoms with Crippen LogP contribution in [0.2, 0.25) is 0 Å². The van der Waals surface area contributed by atoms with Gasteiger partial charge in [-0.3, -0.25) is 24.0 Å². The van der Waals surface area contributed by atoms with E-state index >= 15 is 0 Å². The van der Waals surface area contributed by atoms with Gasteiger partial charge in [-0.05, 0) is 114 Å². The van der Waals surface area contributed by atoms with E-state index in [1.165, 1.54) is 21.1 Å². The van der Waals surface area contributed by atoms with E-state index in [9.17, 15) is 49.2 Å². The Balaban J connectivity index is 1.69. The van der Waals surface area contributed by atoms with Crippen molar-refractivity contribution in [3.8, 4) is 0 Å². The van der Waals surface area contributed by atoms with Gasteiger partial charge >= 0.3 is 11.9 Å². The van der Waals surface area contributed by atoms with Crippen LogP contribution >= 0.6 is 0 Å². The zero-order chi connectivity index (χ0) is 54.4. The summed E-state index contributed by atoms with van der Waals surface area (Å²) in [5, 5.41) is 43.1. The molecule has 0 aromatic heterocycles. The van der Waals surface area contributed by atoms with Gasteiger partial charge in [0.15, 0.2) is 5.78 Å². The highest BCUT2D eigenvalue weighted by molar-refractivity contribution is 6.39. The minimum Gasteiger partial charge on any atom is -0.460 e. The van der Waals surface area contributed by atoms with Crippen molar-refractivity contribution in [3.63, 3.8) is 0 Å². The number of carbonyl (C=O) groups excluding carboxylic acids is 6. The molecular weight excluding hydrogens is 943 g/mol. The molecule has 17 nitrogen and oxygen atoms in total. The molecule has 4 rings (SSSR count). The first kappa shape index (κ1) is 61.6. The first-order valence-electron chi connectivity index (χ1n) is 26.4. The molecule has 4 N–H and O–H groups in total. The number of methoxy groups -OCH3 is 3. The molecule has 0 radical (unpaired) electrons. The molecule has 2 bridgehead atoms. The quantitative estimate of drug-likeness (QED) is 0.116. The van der Waals surface area contributed by atoms with E-state index in [-0.39, 0.29) is 42.8 Å². The Labute approximate surface area is 433 Å². The second-order valence-corrected chi connectivity index (χ2v) is 21.8. The molecule has 17 heteroatoms. The maximum atomic E-state index is 14.5. The molecule has 73 heavy (non-hydrogen) atoms. The summed E-state index contributed by atoms with van der Waals surface area (Å²) < 4.78 is 35.4. The summed E-state index contributed by atoms with van der Waals surface area (Å²) in [6.07, 6.45) is 9.76. The van der Waals surface area contributed by atoms with Gasteiger partial charge in [0, 0.05) is 58.5 Å². The van der Waals surface area contributed by atoms with Crippen LogP contribution in [0.5, 0.6) is 0 Å². The third-order valence-electron chi connectivity index (χ3n) is 15.9. The van der Waals surface area contributed by atoms with Gasteiger partial charge in [-0.1, -0.05) is 71.1 Å². The summed E-state index contributed by atoms with van der Waals surface area (Å²) in [4.78, 5) is 85.4. The van der Waals surface area contributed by atoms with Crippen LogP contribution in [0.4, 0.5) is 0 Å². The lowest BCUT2D eigenvalue weighted by Crippen LogP contribution is -2.61. The SMILES string of the molecule is CO[C@H]1C[C@@H]2CC[C@@H](C)[C@@](O)(O2)C(=O)C(=O)N2CCCC[C@H]2C(=O)O[C@H]([C@H](C)C[C@@H]2CC[C@@H](OC(=O)C(C)(CO)CO)[C@H](OC)C2)CC(=O)[C@H](C)C=C(C)[C@@H](O)[C@@H](OC)C(=O)[C@H](C)C[C@H](C)/C=C\C=C/C=C1C. The molecule has 3 fully saturated rings. The molecule has 15 atom stereocenters. The molecule has 3 heterocycles. The third-order valence-corrected chi connectivity index (χ3v) is 15.9. The number of aliphatic hydroxyl groups is 4. The molecule has 3 aliphatic heterocycles. The average molecular weight is 1030 g/mol. The fourth-order valence-electron chi connectivity index (χ4n) is 10.7. The van der Waals surface area contributed by atoms with Gasteiger partial charge in [0.2, 0.25) is 5.79 Å². The summed E-state index contributed by atoms with van der Waals surface area (Å²) in [5.74, 6) is -9.36. The Bertz CT molecular complexity index is 2010. The Morgan fingerprint density at radius 3 is 2.21 bits per heavy atom. The van der Waals surface area contributed by atoms with Crippen molar-refractivity contribution in [2.24, 2.45) is 40.9 Å². The minimum atomic E-state index is -2.47. The fraction of sp³-hybridized carbons (Fsp3) is 0.750. The summed E-state index contributed by atoms with van der Waals surface area (Å²) >= 11 is 0. The van der Waals surface area contributed by atoms with E-state index < -0.39 is 120 Å². The highest BCUT2D eigenvalue weighted by Crippen LogP contribution is 2.38. The number of esters is 2. The molecular formula is C56H87NO16. The van der Waals surface area contributed by atoms with Crippen LogP contribution in [0.3, 0.4) is 0 Å². The van der Waals surface area contributed by atoms with Crippen molar-refractivity contribution < 1.29 is 77.6 Å². The lowest BCUT2D eigenvalue weighted by Gasteiger charge is -2.42. The fourth-order valence-corrected chi connectivity index (χ4v) is 10.7. The van der Waals surface area contributed by atoms with Crippen molar-refractivity contribution in [2.45, 2.75) is 187 Å². The number of rotatable bonds is 10. The number of piperidine rings is 1. The molecule has 0 aromatic rings. The van der Waals surface area contributed by atoms with Gasteiger partial charge in [-0.25, -0.2) is 4.79 Å². The molecule has 0 unspecified atom stereocenters. The van der Waals surface area contributed by atoms with Gasteiger partial charge < -0.3 is 53.7 Å². The highest BCUT2D eigenvalue weighted by atomic mass is 16.6. The number of carbonyl (C=O) groups is 6. The number of amides is 1. The average Bonchev–Trinajstić information content (AvgIpc) is 3.37. The topological polar surface area (TPSA) is 242 Å². The van der Waals surface area contributed by atoms with E-state index in [4.69, 9.17) is 28.4 Å². The van der Waals surface area contributed by atoms with E-state index in [1.807, 2.05) is 51.2 Å². The third kappa shape index (κ3) is 16.0. The first-order valence-corrected chi connectivity index (χ1v) is 26.4. The number of nitrogens with zero attached hydrogens (tertiary/aromatic N) is 1. The molecule has 0 spiro atoms. The molecule has 1 saturated carbocycles. The van der Waals surface area contributed by atoms with E-state index in [1.54, 1.807) is 40.9 Å². The van der Waals surface area contributed by atoms with Crippen molar-refractivity contribution in [1.82, 2.24) is 4.90 Å². The van der Waals surface area contributed by atoms with Crippen LogP contribution in [-0.4, -0.2) is 156 Å². The highest BCUT2D eigenvalue weighted by Gasteiger charge is 2.53. The van der Waals surface area contributed by atoms with Gasteiger partial charge in [-0.15, -0.1) is 0 Å². The van der Waals surface area contributed by atoms with Crippen LogP contribution in [-0.2, 0) is 57.2 Å². The summed E-state index contributed by atoms with van der Waals surface area (Å²) in [6, 6.07) is -1.20. The zero-order valence-electron chi connectivity index (χ0n) is 45.3. The summed E-state index contributed by atoms with van der Waals surface area (Å²) in [5.41, 5.74) is -0.277. The number of allylic oxidation sites excluding steroid dienone is 6. The molecule has 2 saturated heterocycles. The Morgan fingerprint density at radius 2 is 1.56 bits per heavy atom. The van der Waals surface area contributed by atoms with Crippen LogP contribution in [0.15, 0.2) is 47.6 Å². The van der Waals surface area contributed by atoms with Crippen LogP contribution < -0.4 is 0 Å². The maximum Gasteiger partial charge on any atom is 0.329 e. The summed E-state index contributed by atoms with van der Waals surface area (Å²) in [6.45, 7) is 12.7. The minimum absolute atomic E-state index is 0.00697. The van der Waals surface area contributed by atoms with Crippen LogP contribution in [0.1, 0.15) is 132 Å². The van der Waals surface area contributed by atoms with Crippen molar-refractivity contribution in [3.05, 3.63) is 47.6 Å². The smallest absolute Gasteiger partial charge is 0.329 e. The molecule has 0 aromatic carbocycles. The number of cyclic esters (lactones) is 1. The zero-order valence-corrected chi connectivity index (χ0v) is 45.3. The van der Waals surface area contributed by atoms with E-state index in [0.29, 0.717) is 69.8 Å². The summed E-state index contributed by atoms with van der Waals surface area (Å²) in [7, 11) is 4.43. The van der Waals surface area contributed by atoms with Crippen molar-refractivity contribution in [1.29, 1.82) is 0 Å². The van der Waals surface area contributed by atoms with Gasteiger partial charge in [0.1, 0.15) is 41.7 Å². The second-order valence-electron chi connectivity index (χ2n) is 21.8. The number of ether oxygens (including phenoxy) is 6. The number of Topliss-reactive ketones (excluding diaryl/α,β-unsaturated/α-hetero) is 3. The number of ketones is 3. The predicted octanol–water partition coefficient (Wildman–Crippen LogP) is 5.72. The number of fused-ring (bicyclic) bond motifs is 3. The standard InChI is InChI=1S/C56H87NO16/c1-33-17-13-12-14-18-34(2)45(68-9)29-41-22-20-39(7)56(67,73-41)51(63)52(64)57-24-16-15-19-42(57)53(65)71-46(30-43(60)35(3)26-38(6)49(62)50(70-11)48(61)37(5)25-33)36(4)27-40-21-23-44(47(28-40)69-10)72-54(66)55(8,31-58)32-59/h12-14,17-18,26,33,35-37,39-42,44-47,49-50,58-59,62,67H,15-16,19-25,27-32H2,1-11H3/b14-12-,17-13-,34-18?,38-26?/t33-,35-,36-,37-,39-,40+,41+,42+,44-,45+,46+,47-,49-,50+,56-/m1/s1. The van der Waals surface area contributed by atoms with Crippen molar-refractivity contribution >= 4 is 35.2 Å². The van der Waals surface area contributed by atoms with Gasteiger partial charge in [0.25, 0.3) is 11.7 Å². The largest absolute Gasteiger partial charge is 0.460 e.